The monoisotopic (exact) mass is 458 g/mol. The Morgan fingerprint density at radius 3 is 2.81 bits per heavy atom. The van der Waals surface area contributed by atoms with Gasteiger partial charge in [0.2, 0.25) is 5.91 Å². The molecule has 3 amide bonds. The molecule has 0 unspecified atom stereocenters. The molecule has 0 radical (unpaired) electrons. The number of halogens is 1. The molecule has 1 fully saturated rings. The Morgan fingerprint density at radius 1 is 1.28 bits per heavy atom. The molecule has 0 spiro atoms. The van der Waals surface area contributed by atoms with Crippen LogP contribution in [0.1, 0.15) is 39.8 Å². The van der Waals surface area contributed by atoms with Crippen molar-refractivity contribution in [2.75, 3.05) is 25.0 Å². The number of anilines is 1. The molecule has 0 aromatic carbocycles. The Hall–Kier alpha value is -2.61. The van der Waals surface area contributed by atoms with Crippen LogP contribution in [0.25, 0.3) is 11.1 Å². The van der Waals surface area contributed by atoms with Crippen LogP contribution in [-0.2, 0) is 17.8 Å². The maximum atomic E-state index is 12.5. The lowest BCUT2D eigenvalue weighted by Crippen LogP contribution is -2.36. The van der Waals surface area contributed by atoms with Crippen LogP contribution in [0, 0.1) is 17.3 Å². The van der Waals surface area contributed by atoms with Crippen LogP contribution in [0.4, 0.5) is 10.6 Å². The van der Waals surface area contributed by atoms with Crippen molar-refractivity contribution in [1.82, 2.24) is 25.0 Å². The Morgan fingerprint density at radius 2 is 2.06 bits per heavy atom. The molecule has 2 aromatic rings. The first-order valence-corrected chi connectivity index (χ1v) is 11.5. The van der Waals surface area contributed by atoms with E-state index >= 15 is 0 Å². The highest BCUT2D eigenvalue weighted by Gasteiger charge is 2.32. The lowest BCUT2D eigenvalue weighted by atomic mass is 9.89. The van der Waals surface area contributed by atoms with Gasteiger partial charge in [0.25, 0.3) is 0 Å². The van der Waals surface area contributed by atoms with Crippen molar-refractivity contribution in [3.05, 3.63) is 29.2 Å². The number of likely N-dealkylation sites (tertiary alicyclic amines) is 1. The van der Waals surface area contributed by atoms with Crippen molar-refractivity contribution in [3.8, 4) is 11.1 Å². The van der Waals surface area contributed by atoms with Gasteiger partial charge in [-0.2, -0.15) is 5.10 Å². The molecule has 2 N–H and O–H groups in total. The minimum absolute atomic E-state index is 0.00138. The molecule has 8 nitrogen and oxygen atoms in total. The standard InChI is InChI=1S/C23H31ClN6O2/c1-14(2)21(31)29-6-5-15(12-29)9-26-22(32)28-20-7-16(18(24)11-25-20)17-10-27-30-13-23(3,4)8-19(17)30/h7,10-11,14-15H,5-6,8-9,12-13H2,1-4H3,(H2,25,26,28,32)/t15-/m0/s1. The Kier molecular flexibility index (Phi) is 6.16. The van der Waals surface area contributed by atoms with Crippen molar-refractivity contribution >= 4 is 29.4 Å². The lowest BCUT2D eigenvalue weighted by molar-refractivity contribution is -0.133. The second kappa shape index (κ2) is 8.73. The van der Waals surface area contributed by atoms with Gasteiger partial charge >= 0.3 is 6.03 Å². The summed E-state index contributed by atoms with van der Waals surface area (Å²) in [5, 5.41) is 10.7. The number of carbonyl (C=O) groups is 2. The van der Waals surface area contributed by atoms with Gasteiger partial charge in [0, 0.05) is 55.1 Å². The average molecular weight is 459 g/mol. The lowest BCUT2D eigenvalue weighted by Gasteiger charge is -2.19. The number of hydrogen-bond acceptors (Lipinski definition) is 4. The molecule has 1 atom stereocenters. The normalized spacial score (nSPS) is 19.3. The van der Waals surface area contributed by atoms with Gasteiger partial charge in [-0.3, -0.25) is 14.8 Å². The highest BCUT2D eigenvalue weighted by atomic mass is 35.5. The summed E-state index contributed by atoms with van der Waals surface area (Å²) in [4.78, 5) is 30.7. The van der Waals surface area contributed by atoms with Crippen LogP contribution in [0.5, 0.6) is 0 Å². The van der Waals surface area contributed by atoms with Gasteiger partial charge in [0.1, 0.15) is 5.82 Å². The van der Waals surface area contributed by atoms with E-state index in [9.17, 15) is 9.59 Å². The van der Waals surface area contributed by atoms with Crippen LogP contribution in [0.3, 0.4) is 0 Å². The summed E-state index contributed by atoms with van der Waals surface area (Å²) in [6, 6.07) is 1.48. The summed E-state index contributed by atoms with van der Waals surface area (Å²) in [5.41, 5.74) is 3.11. The number of hydrogen-bond donors (Lipinski definition) is 2. The average Bonchev–Trinajstić information content (AvgIpc) is 3.41. The molecule has 0 aliphatic carbocycles. The van der Waals surface area contributed by atoms with Gasteiger partial charge in [-0.25, -0.2) is 9.78 Å². The third-order valence-corrected chi connectivity index (χ3v) is 6.50. The van der Waals surface area contributed by atoms with Gasteiger partial charge in [0.05, 0.1) is 11.2 Å². The molecule has 4 heterocycles. The minimum atomic E-state index is -0.319. The zero-order chi connectivity index (χ0) is 23.0. The van der Waals surface area contributed by atoms with Crippen molar-refractivity contribution < 1.29 is 9.59 Å². The van der Waals surface area contributed by atoms with Crippen LogP contribution >= 0.6 is 11.6 Å². The zero-order valence-electron chi connectivity index (χ0n) is 19.1. The van der Waals surface area contributed by atoms with E-state index in [1.54, 1.807) is 12.3 Å². The molecular weight excluding hydrogens is 428 g/mol. The molecule has 0 bridgehead atoms. The molecule has 0 saturated carbocycles. The quantitative estimate of drug-likeness (QED) is 0.712. The fraction of sp³-hybridized carbons (Fsp3) is 0.565. The first-order valence-electron chi connectivity index (χ1n) is 11.2. The van der Waals surface area contributed by atoms with Crippen LogP contribution in [0.2, 0.25) is 5.02 Å². The number of aromatic nitrogens is 3. The number of nitrogens with one attached hydrogen (secondary N) is 2. The molecule has 32 heavy (non-hydrogen) atoms. The summed E-state index contributed by atoms with van der Waals surface area (Å²) in [5.74, 6) is 0.862. The van der Waals surface area contributed by atoms with Crippen LogP contribution in [-0.4, -0.2) is 51.2 Å². The summed E-state index contributed by atoms with van der Waals surface area (Å²) in [6.45, 7) is 11.1. The molecule has 1 saturated heterocycles. The van der Waals surface area contributed by atoms with Crippen LogP contribution < -0.4 is 10.6 Å². The second-order valence-electron chi connectivity index (χ2n) is 9.98. The topological polar surface area (TPSA) is 92.2 Å². The summed E-state index contributed by atoms with van der Waals surface area (Å²) in [7, 11) is 0. The fourth-order valence-corrected chi connectivity index (χ4v) is 4.75. The number of carbonyl (C=O) groups excluding carboxylic acids is 2. The van der Waals surface area contributed by atoms with E-state index in [1.807, 2.05) is 29.6 Å². The van der Waals surface area contributed by atoms with Crippen molar-refractivity contribution in [3.63, 3.8) is 0 Å². The third-order valence-electron chi connectivity index (χ3n) is 6.20. The molecule has 9 heteroatoms. The molecule has 2 aromatic heterocycles. The van der Waals surface area contributed by atoms with Gasteiger partial charge in [0.15, 0.2) is 0 Å². The first-order chi connectivity index (χ1) is 15.1. The third kappa shape index (κ3) is 4.75. The fourth-order valence-electron chi connectivity index (χ4n) is 4.55. The number of rotatable bonds is 5. The van der Waals surface area contributed by atoms with Crippen molar-refractivity contribution in [1.29, 1.82) is 0 Å². The van der Waals surface area contributed by atoms with Gasteiger partial charge in [-0.1, -0.05) is 39.3 Å². The Balaban J connectivity index is 1.37. The highest BCUT2D eigenvalue weighted by molar-refractivity contribution is 6.33. The summed E-state index contributed by atoms with van der Waals surface area (Å²) in [6.07, 6.45) is 5.20. The van der Waals surface area contributed by atoms with Gasteiger partial charge in [-0.05, 0) is 30.2 Å². The Labute approximate surface area is 193 Å². The molecule has 4 rings (SSSR count). The van der Waals surface area contributed by atoms with Gasteiger partial charge < -0.3 is 10.2 Å². The highest BCUT2D eigenvalue weighted by Crippen LogP contribution is 2.39. The van der Waals surface area contributed by atoms with Crippen molar-refractivity contribution in [2.45, 2.75) is 47.1 Å². The molecule has 172 valence electrons. The van der Waals surface area contributed by atoms with E-state index in [4.69, 9.17) is 11.6 Å². The number of nitrogens with zero attached hydrogens (tertiary/aromatic N) is 4. The minimum Gasteiger partial charge on any atom is -0.342 e. The predicted molar refractivity (Wildman–Crippen MR) is 124 cm³/mol. The maximum Gasteiger partial charge on any atom is 0.320 e. The van der Waals surface area contributed by atoms with E-state index < -0.39 is 0 Å². The second-order valence-corrected chi connectivity index (χ2v) is 10.4. The molecule has 2 aliphatic rings. The van der Waals surface area contributed by atoms with Crippen molar-refractivity contribution in [2.24, 2.45) is 17.3 Å². The van der Waals surface area contributed by atoms with E-state index in [2.05, 4.69) is 34.6 Å². The number of amides is 3. The largest absolute Gasteiger partial charge is 0.342 e. The van der Waals surface area contributed by atoms with E-state index in [0.29, 0.717) is 23.9 Å². The smallest absolute Gasteiger partial charge is 0.320 e. The summed E-state index contributed by atoms with van der Waals surface area (Å²) >= 11 is 6.45. The first kappa shape index (κ1) is 22.6. The molecule has 2 aliphatic heterocycles. The maximum absolute atomic E-state index is 12.5. The van der Waals surface area contributed by atoms with Crippen LogP contribution in [0.15, 0.2) is 18.5 Å². The number of pyridine rings is 1. The zero-order valence-corrected chi connectivity index (χ0v) is 19.9. The number of urea groups is 1. The number of fused-ring (bicyclic) bond motifs is 1. The van der Waals surface area contributed by atoms with E-state index in [-0.39, 0.29) is 29.2 Å². The SMILES string of the molecule is CC(C)C(=O)N1CC[C@@H](CNC(=O)Nc2cc(-c3cnn4c3CC(C)(C)C4)c(Cl)cn2)C1. The van der Waals surface area contributed by atoms with Gasteiger partial charge in [-0.15, -0.1) is 0 Å². The Bertz CT molecular complexity index is 1030. The summed E-state index contributed by atoms with van der Waals surface area (Å²) < 4.78 is 2.03. The van der Waals surface area contributed by atoms with E-state index in [1.165, 1.54) is 0 Å². The predicted octanol–water partition coefficient (Wildman–Crippen LogP) is 3.81. The molecular formula is C23H31ClN6O2. The van der Waals surface area contributed by atoms with E-state index in [0.717, 1.165) is 42.8 Å².